The van der Waals surface area contributed by atoms with Crippen molar-refractivity contribution >= 4 is 11.8 Å². The molecule has 140 valence electrons. The third-order valence-electron chi connectivity index (χ3n) is 4.78. The first-order chi connectivity index (χ1) is 13.0. The maximum Gasteiger partial charge on any atom is 0.253 e. The second kappa shape index (κ2) is 8.54. The zero-order chi connectivity index (χ0) is 19.2. The number of benzene rings is 2. The molecule has 1 fully saturated rings. The van der Waals surface area contributed by atoms with Gasteiger partial charge < -0.3 is 15.3 Å². The van der Waals surface area contributed by atoms with E-state index in [0.29, 0.717) is 17.5 Å². The highest BCUT2D eigenvalue weighted by Crippen LogP contribution is 2.14. The largest absolute Gasteiger partial charge is 0.511 e. The smallest absolute Gasteiger partial charge is 0.253 e. The molecule has 2 aromatic rings. The number of hydrogen-bond acceptors (Lipinski definition) is 3. The van der Waals surface area contributed by atoms with Gasteiger partial charge in [-0.25, -0.2) is 0 Å². The number of nitrogens with one attached hydrogen (secondary N) is 1. The minimum atomic E-state index is -0.578. The van der Waals surface area contributed by atoms with Crippen LogP contribution >= 0.6 is 0 Å². The lowest BCUT2D eigenvalue weighted by molar-refractivity contribution is 0.0792. The number of aliphatic hydroxyl groups is 1. The van der Waals surface area contributed by atoms with Gasteiger partial charge in [0.15, 0.2) is 0 Å². The molecule has 27 heavy (non-hydrogen) atoms. The Morgan fingerprint density at radius 3 is 2.19 bits per heavy atom. The number of aliphatic hydroxyl groups excluding tert-OH is 1. The average molecular weight is 364 g/mol. The van der Waals surface area contributed by atoms with E-state index in [-0.39, 0.29) is 17.6 Å². The molecule has 5 nitrogen and oxygen atoms in total. The number of amides is 2. The molecule has 0 aromatic heterocycles. The van der Waals surface area contributed by atoms with E-state index < -0.39 is 6.04 Å². The molecule has 0 saturated carbocycles. The van der Waals surface area contributed by atoms with Crippen molar-refractivity contribution in [1.29, 1.82) is 0 Å². The Morgan fingerprint density at radius 1 is 1.00 bits per heavy atom. The van der Waals surface area contributed by atoms with E-state index >= 15 is 0 Å². The third-order valence-corrected chi connectivity index (χ3v) is 4.78. The molecule has 1 unspecified atom stereocenters. The lowest BCUT2D eigenvalue weighted by Gasteiger charge is -2.18. The molecule has 1 saturated heterocycles. The summed E-state index contributed by atoms with van der Waals surface area (Å²) in [6, 6.07) is 15.6. The van der Waals surface area contributed by atoms with Gasteiger partial charge in [-0.05, 0) is 49.1 Å². The molecule has 2 aromatic carbocycles. The summed E-state index contributed by atoms with van der Waals surface area (Å²) >= 11 is 0. The van der Waals surface area contributed by atoms with Gasteiger partial charge in [-0.2, -0.15) is 0 Å². The first-order valence-electron chi connectivity index (χ1n) is 9.16. The lowest BCUT2D eigenvalue weighted by Crippen LogP contribution is -2.37. The first-order valence-corrected chi connectivity index (χ1v) is 9.16. The van der Waals surface area contributed by atoms with E-state index in [1.165, 1.54) is 0 Å². The zero-order valence-electron chi connectivity index (χ0n) is 15.2. The van der Waals surface area contributed by atoms with Crippen LogP contribution in [-0.4, -0.2) is 41.0 Å². The summed E-state index contributed by atoms with van der Waals surface area (Å²) in [6.45, 7) is 5.16. The predicted octanol–water partition coefficient (Wildman–Crippen LogP) is 3.34. The second-order valence-corrected chi connectivity index (χ2v) is 6.78. The minimum absolute atomic E-state index is 0.00477. The maximum atomic E-state index is 12.5. The molecule has 0 bridgehead atoms. The lowest BCUT2D eigenvalue weighted by atomic mass is 10.0. The Kier molecular flexibility index (Phi) is 5.91. The fraction of sp³-hybridized carbons (Fsp3) is 0.273. The van der Waals surface area contributed by atoms with E-state index in [0.717, 1.165) is 31.5 Å². The number of nitrogens with zero attached hydrogens (tertiary/aromatic N) is 1. The van der Waals surface area contributed by atoms with E-state index in [2.05, 4.69) is 11.9 Å². The van der Waals surface area contributed by atoms with Crippen LogP contribution < -0.4 is 5.32 Å². The fourth-order valence-corrected chi connectivity index (χ4v) is 3.21. The van der Waals surface area contributed by atoms with Crippen LogP contribution in [-0.2, 0) is 6.42 Å². The fourth-order valence-electron chi connectivity index (χ4n) is 3.21. The molecule has 1 heterocycles. The van der Waals surface area contributed by atoms with Crippen molar-refractivity contribution in [2.75, 3.05) is 13.1 Å². The zero-order valence-corrected chi connectivity index (χ0v) is 15.2. The van der Waals surface area contributed by atoms with Gasteiger partial charge in [-0.15, -0.1) is 0 Å². The Labute approximate surface area is 159 Å². The quantitative estimate of drug-likeness (QED) is 0.773. The maximum absolute atomic E-state index is 12.5. The molecule has 0 spiro atoms. The summed E-state index contributed by atoms with van der Waals surface area (Å²) < 4.78 is 0. The molecular formula is C22H24N2O3. The van der Waals surface area contributed by atoms with Gasteiger partial charge in [-0.3, -0.25) is 9.59 Å². The van der Waals surface area contributed by atoms with Gasteiger partial charge >= 0.3 is 0 Å². The second-order valence-electron chi connectivity index (χ2n) is 6.78. The van der Waals surface area contributed by atoms with Crippen molar-refractivity contribution in [2.24, 2.45) is 0 Å². The standard InChI is InChI=1S/C22H24N2O3/c1-16(25)20(15-17-7-3-2-4-8-17)23-21(26)18-9-11-19(12-10-18)22(27)24-13-5-6-14-24/h2-4,7-12,20,25H,1,5-6,13-15H2,(H,23,26). The number of carbonyl (C=O) groups excluding carboxylic acids is 2. The van der Waals surface area contributed by atoms with Crippen molar-refractivity contribution in [3.63, 3.8) is 0 Å². The van der Waals surface area contributed by atoms with Crippen molar-refractivity contribution in [3.8, 4) is 0 Å². The van der Waals surface area contributed by atoms with Crippen LogP contribution in [0.3, 0.4) is 0 Å². The van der Waals surface area contributed by atoms with Crippen LogP contribution in [0.15, 0.2) is 66.9 Å². The highest BCUT2D eigenvalue weighted by atomic mass is 16.3. The summed E-state index contributed by atoms with van der Waals surface area (Å²) in [7, 11) is 0. The number of likely N-dealkylation sites (tertiary alicyclic amines) is 1. The summed E-state index contributed by atoms with van der Waals surface area (Å²) in [4.78, 5) is 26.7. The van der Waals surface area contributed by atoms with Crippen molar-refractivity contribution in [3.05, 3.63) is 83.6 Å². The summed E-state index contributed by atoms with van der Waals surface area (Å²) in [5, 5.41) is 12.6. The van der Waals surface area contributed by atoms with E-state index in [1.807, 2.05) is 35.2 Å². The van der Waals surface area contributed by atoms with Gasteiger partial charge in [0.25, 0.3) is 11.8 Å². The molecule has 1 atom stereocenters. The van der Waals surface area contributed by atoms with Crippen LogP contribution in [0.5, 0.6) is 0 Å². The number of carbonyl (C=O) groups is 2. The van der Waals surface area contributed by atoms with Gasteiger partial charge in [-0.1, -0.05) is 36.9 Å². The van der Waals surface area contributed by atoms with Crippen LogP contribution in [0.2, 0.25) is 0 Å². The van der Waals surface area contributed by atoms with Crippen LogP contribution in [0.1, 0.15) is 39.1 Å². The minimum Gasteiger partial charge on any atom is -0.511 e. The highest BCUT2D eigenvalue weighted by Gasteiger charge is 2.20. The molecule has 1 aliphatic rings. The molecule has 0 radical (unpaired) electrons. The molecule has 5 heteroatoms. The van der Waals surface area contributed by atoms with Gasteiger partial charge in [0.05, 0.1) is 6.04 Å². The average Bonchev–Trinajstić information content (AvgIpc) is 3.22. The SMILES string of the molecule is C=C(O)C(Cc1ccccc1)NC(=O)c1ccc(C(=O)N2CCCC2)cc1. The highest BCUT2D eigenvalue weighted by molar-refractivity contribution is 5.98. The van der Waals surface area contributed by atoms with Crippen LogP contribution in [0, 0.1) is 0 Å². The Hall–Kier alpha value is -3.08. The monoisotopic (exact) mass is 364 g/mol. The Balaban J connectivity index is 1.65. The summed E-state index contributed by atoms with van der Waals surface area (Å²) in [5.74, 6) is -0.399. The molecule has 0 aliphatic carbocycles. The van der Waals surface area contributed by atoms with Crippen molar-refractivity contribution < 1.29 is 14.7 Å². The summed E-state index contributed by atoms with van der Waals surface area (Å²) in [6.07, 6.45) is 2.54. The van der Waals surface area contributed by atoms with Gasteiger partial charge in [0.2, 0.25) is 0 Å². The molecule has 1 aliphatic heterocycles. The van der Waals surface area contributed by atoms with Gasteiger partial charge in [0, 0.05) is 24.2 Å². The van der Waals surface area contributed by atoms with Crippen LogP contribution in [0.4, 0.5) is 0 Å². The summed E-state index contributed by atoms with van der Waals surface area (Å²) in [5.41, 5.74) is 2.01. The molecular weight excluding hydrogens is 340 g/mol. The number of hydrogen-bond donors (Lipinski definition) is 2. The Bertz CT molecular complexity index is 809. The molecule has 2 N–H and O–H groups in total. The predicted molar refractivity (Wildman–Crippen MR) is 105 cm³/mol. The van der Waals surface area contributed by atoms with Gasteiger partial charge in [0.1, 0.15) is 5.76 Å². The molecule has 2 amide bonds. The van der Waals surface area contributed by atoms with Crippen molar-refractivity contribution in [1.82, 2.24) is 10.2 Å². The van der Waals surface area contributed by atoms with Crippen molar-refractivity contribution in [2.45, 2.75) is 25.3 Å². The first kappa shape index (κ1) is 18.7. The molecule has 3 rings (SSSR count). The normalized spacial score (nSPS) is 14.6. The van der Waals surface area contributed by atoms with E-state index in [1.54, 1.807) is 24.3 Å². The van der Waals surface area contributed by atoms with E-state index in [9.17, 15) is 14.7 Å². The number of rotatable bonds is 6. The van der Waals surface area contributed by atoms with Crippen LogP contribution in [0.25, 0.3) is 0 Å². The third kappa shape index (κ3) is 4.76. The topological polar surface area (TPSA) is 69.6 Å². The Morgan fingerprint density at radius 2 is 1.59 bits per heavy atom. The van der Waals surface area contributed by atoms with E-state index in [4.69, 9.17) is 0 Å².